The highest BCUT2D eigenvalue weighted by Gasteiger charge is 2.33. The summed E-state index contributed by atoms with van der Waals surface area (Å²) in [5, 5.41) is 20.1. The summed E-state index contributed by atoms with van der Waals surface area (Å²) in [5.74, 6) is -1.43. The highest BCUT2D eigenvalue weighted by molar-refractivity contribution is 5.83. The van der Waals surface area contributed by atoms with Crippen LogP contribution in [0.5, 0.6) is 0 Å². The Balaban J connectivity index is 2.09. The number of benzene rings is 1. The first-order valence-corrected chi connectivity index (χ1v) is 7.40. The molecule has 0 radical (unpaired) electrons. The molecular formula is C15H19N3O6. The maximum atomic E-state index is 12.4. The number of carbonyl (C=O) groups excluding carboxylic acids is 1. The molecule has 2 atom stereocenters. The number of likely N-dealkylation sites (N-methyl/N-ethyl adjacent to an activating group) is 1. The molecule has 0 aromatic heterocycles. The van der Waals surface area contributed by atoms with Crippen molar-refractivity contribution >= 4 is 23.3 Å². The van der Waals surface area contributed by atoms with Crippen LogP contribution in [0.3, 0.4) is 0 Å². The van der Waals surface area contributed by atoms with Crippen molar-refractivity contribution < 1.29 is 24.4 Å². The second-order valence-corrected chi connectivity index (χ2v) is 5.67. The molecule has 1 amide bonds. The van der Waals surface area contributed by atoms with Gasteiger partial charge in [-0.2, -0.15) is 0 Å². The van der Waals surface area contributed by atoms with Crippen molar-refractivity contribution in [1.82, 2.24) is 4.90 Å². The summed E-state index contributed by atoms with van der Waals surface area (Å²) in [6.07, 6.45) is -1.45. The number of carboxylic acids is 1. The highest BCUT2D eigenvalue weighted by atomic mass is 16.6. The van der Waals surface area contributed by atoms with Crippen molar-refractivity contribution in [3.8, 4) is 0 Å². The number of morpholine rings is 1. The van der Waals surface area contributed by atoms with Gasteiger partial charge in [-0.25, -0.2) is 4.79 Å². The molecule has 130 valence electrons. The van der Waals surface area contributed by atoms with E-state index in [0.717, 1.165) is 0 Å². The van der Waals surface area contributed by atoms with Crippen molar-refractivity contribution in [1.29, 1.82) is 0 Å². The van der Waals surface area contributed by atoms with Gasteiger partial charge in [0, 0.05) is 19.7 Å². The average Bonchev–Trinajstić information content (AvgIpc) is 2.54. The molecule has 1 unspecified atom stereocenters. The Hall–Kier alpha value is -2.68. The summed E-state index contributed by atoms with van der Waals surface area (Å²) in [5.41, 5.74) is 0.235. The van der Waals surface area contributed by atoms with Crippen LogP contribution in [0.25, 0.3) is 0 Å². The fourth-order valence-electron chi connectivity index (χ4n) is 2.62. The summed E-state index contributed by atoms with van der Waals surface area (Å²) < 4.78 is 5.27. The minimum absolute atomic E-state index is 0.0385. The molecule has 24 heavy (non-hydrogen) atoms. The number of hydrogen-bond acceptors (Lipinski definition) is 6. The van der Waals surface area contributed by atoms with E-state index in [2.05, 4.69) is 0 Å². The Morgan fingerprint density at radius 3 is 2.71 bits per heavy atom. The molecule has 1 aromatic rings. The monoisotopic (exact) mass is 337 g/mol. The van der Waals surface area contributed by atoms with Gasteiger partial charge in [-0.1, -0.05) is 12.1 Å². The van der Waals surface area contributed by atoms with Gasteiger partial charge in [0.15, 0.2) is 6.10 Å². The Kier molecular flexibility index (Phi) is 5.35. The molecule has 9 heteroatoms. The predicted octanol–water partition coefficient (Wildman–Crippen LogP) is 0.731. The van der Waals surface area contributed by atoms with Gasteiger partial charge in [0.25, 0.3) is 5.69 Å². The van der Waals surface area contributed by atoms with E-state index in [0.29, 0.717) is 5.69 Å². The standard InChI is InChI=1S/C15H19N3O6/c1-10-7-17(8-13(24-10)15(20)21)14(19)9-16(2)11-5-3-4-6-12(11)18(22)23/h3-6,10,13H,7-9H2,1-2H3,(H,20,21)/t10-,13?/m1/s1. The van der Waals surface area contributed by atoms with E-state index < -0.39 is 17.0 Å². The number of anilines is 1. The van der Waals surface area contributed by atoms with Gasteiger partial charge < -0.3 is 19.6 Å². The molecule has 1 saturated heterocycles. The number of rotatable bonds is 5. The lowest BCUT2D eigenvalue weighted by molar-refractivity contribution is -0.384. The minimum Gasteiger partial charge on any atom is -0.479 e. The average molecular weight is 337 g/mol. The van der Waals surface area contributed by atoms with Crippen LogP contribution < -0.4 is 4.90 Å². The van der Waals surface area contributed by atoms with E-state index in [1.54, 1.807) is 32.2 Å². The van der Waals surface area contributed by atoms with E-state index in [1.807, 2.05) is 0 Å². The Bertz CT molecular complexity index is 650. The first-order chi connectivity index (χ1) is 11.3. The van der Waals surface area contributed by atoms with Crippen molar-refractivity contribution in [2.24, 2.45) is 0 Å². The van der Waals surface area contributed by atoms with Crippen LogP contribution in [-0.2, 0) is 14.3 Å². The molecule has 0 aliphatic carbocycles. The number of amides is 1. The van der Waals surface area contributed by atoms with Crippen molar-refractivity contribution in [2.75, 3.05) is 31.6 Å². The maximum absolute atomic E-state index is 12.4. The molecule has 1 aliphatic rings. The first kappa shape index (κ1) is 17.7. The van der Waals surface area contributed by atoms with E-state index in [1.165, 1.54) is 15.9 Å². The van der Waals surface area contributed by atoms with E-state index in [4.69, 9.17) is 9.84 Å². The third-order valence-electron chi connectivity index (χ3n) is 3.75. The van der Waals surface area contributed by atoms with E-state index >= 15 is 0 Å². The number of aliphatic carboxylic acids is 1. The largest absolute Gasteiger partial charge is 0.479 e. The minimum atomic E-state index is -1.12. The van der Waals surface area contributed by atoms with Crippen molar-refractivity contribution in [3.05, 3.63) is 34.4 Å². The molecule has 0 saturated carbocycles. The molecule has 0 spiro atoms. The number of ether oxygens (including phenoxy) is 1. The van der Waals surface area contributed by atoms with Crippen molar-refractivity contribution in [3.63, 3.8) is 0 Å². The number of nitro benzene ring substituents is 1. The zero-order chi connectivity index (χ0) is 17.9. The Labute approximate surface area is 138 Å². The van der Waals surface area contributed by atoms with Crippen LogP contribution >= 0.6 is 0 Å². The van der Waals surface area contributed by atoms with Crippen LogP contribution in [0.15, 0.2) is 24.3 Å². The summed E-state index contributed by atoms with van der Waals surface area (Å²) in [6, 6.07) is 6.14. The van der Waals surface area contributed by atoms with Gasteiger partial charge in [0.2, 0.25) is 5.91 Å². The number of nitrogens with zero attached hydrogens (tertiary/aromatic N) is 3. The lowest BCUT2D eigenvalue weighted by atomic mass is 10.2. The molecule has 2 rings (SSSR count). The number of carbonyl (C=O) groups is 2. The van der Waals surface area contributed by atoms with Crippen LogP contribution in [0.4, 0.5) is 11.4 Å². The Morgan fingerprint density at radius 1 is 1.42 bits per heavy atom. The van der Waals surface area contributed by atoms with Gasteiger partial charge in [-0.3, -0.25) is 14.9 Å². The topological polar surface area (TPSA) is 113 Å². The molecule has 9 nitrogen and oxygen atoms in total. The number of hydrogen-bond donors (Lipinski definition) is 1. The zero-order valence-corrected chi connectivity index (χ0v) is 13.4. The molecule has 1 fully saturated rings. The lowest BCUT2D eigenvalue weighted by Gasteiger charge is -2.35. The van der Waals surface area contributed by atoms with E-state index in [9.17, 15) is 19.7 Å². The molecule has 1 N–H and O–H groups in total. The molecular weight excluding hydrogens is 318 g/mol. The first-order valence-electron chi connectivity index (χ1n) is 7.40. The summed E-state index contributed by atoms with van der Waals surface area (Å²) in [4.78, 5) is 37.0. The SMILES string of the molecule is C[C@@H]1CN(C(=O)CN(C)c2ccccc2[N+](=O)[O-])CC(C(=O)O)O1. The third kappa shape index (κ3) is 3.99. The molecule has 0 bridgehead atoms. The lowest BCUT2D eigenvalue weighted by Crippen LogP contribution is -2.53. The van der Waals surface area contributed by atoms with Gasteiger partial charge in [0.1, 0.15) is 5.69 Å². The molecule has 1 heterocycles. The second kappa shape index (κ2) is 7.26. The smallest absolute Gasteiger partial charge is 0.334 e. The number of para-hydroxylation sites is 2. The van der Waals surface area contributed by atoms with Crippen LogP contribution in [0, 0.1) is 10.1 Å². The van der Waals surface area contributed by atoms with Gasteiger partial charge in [-0.15, -0.1) is 0 Å². The fraction of sp³-hybridized carbons (Fsp3) is 0.467. The van der Waals surface area contributed by atoms with Crippen LogP contribution in [-0.4, -0.2) is 65.7 Å². The maximum Gasteiger partial charge on any atom is 0.334 e. The normalized spacial score (nSPS) is 20.5. The highest BCUT2D eigenvalue weighted by Crippen LogP contribution is 2.26. The summed E-state index contributed by atoms with van der Waals surface area (Å²) >= 11 is 0. The third-order valence-corrected chi connectivity index (χ3v) is 3.75. The number of carboxylic acid groups (broad SMARTS) is 1. The van der Waals surface area contributed by atoms with Gasteiger partial charge in [-0.05, 0) is 13.0 Å². The Morgan fingerprint density at radius 2 is 2.08 bits per heavy atom. The van der Waals surface area contributed by atoms with Crippen LogP contribution in [0.2, 0.25) is 0 Å². The van der Waals surface area contributed by atoms with Gasteiger partial charge in [0.05, 0.1) is 24.1 Å². The summed E-state index contributed by atoms with van der Waals surface area (Å²) in [7, 11) is 1.58. The van der Waals surface area contributed by atoms with Gasteiger partial charge >= 0.3 is 5.97 Å². The molecule has 1 aromatic carbocycles. The summed E-state index contributed by atoms with van der Waals surface area (Å²) in [6.45, 7) is 1.85. The fourth-order valence-corrected chi connectivity index (χ4v) is 2.62. The predicted molar refractivity (Wildman–Crippen MR) is 84.9 cm³/mol. The van der Waals surface area contributed by atoms with E-state index in [-0.39, 0.29) is 37.3 Å². The number of nitro groups is 1. The second-order valence-electron chi connectivity index (χ2n) is 5.67. The van der Waals surface area contributed by atoms with Crippen LogP contribution in [0.1, 0.15) is 6.92 Å². The van der Waals surface area contributed by atoms with Crippen molar-refractivity contribution in [2.45, 2.75) is 19.1 Å². The quantitative estimate of drug-likeness (QED) is 0.622. The molecule has 1 aliphatic heterocycles. The zero-order valence-electron chi connectivity index (χ0n) is 13.4.